The monoisotopic (exact) mass is 210 g/mol. The summed E-state index contributed by atoms with van der Waals surface area (Å²) in [6.45, 7) is 5.51. The van der Waals surface area contributed by atoms with Crippen molar-refractivity contribution in [3.63, 3.8) is 0 Å². The van der Waals surface area contributed by atoms with Gasteiger partial charge in [-0.2, -0.15) is 5.21 Å². The van der Waals surface area contributed by atoms with Gasteiger partial charge in [0.1, 0.15) is 0 Å². The van der Waals surface area contributed by atoms with Crippen molar-refractivity contribution >= 4 is 5.91 Å². The molecule has 0 saturated carbocycles. The van der Waals surface area contributed by atoms with Crippen molar-refractivity contribution in [2.24, 2.45) is 0 Å². The van der Waals surface area contributed by atoms with Crippen molar-refractivity contribution in [3.05, 3.63) is 5.82 Å². The van der Waals surface area contributed by atoms with Gasteiger partial charge < -0.3 is 10.2 Å². The molecule has 1 saturated heterocycles. The highest BCUT2D eigenvalue weighted by atomic mass is 16.2. The summed E-state index contributed by atoms with van der Waals surface area (Å²) < 4.78 is 0. The predicted octanol–water partition coefficient (Wildman–Crippen LogP) is -0.978. The van der Waals surface area contributed by atoms with Gasteiger partial charge in [0.05, 0.1) is 0 Å². The van der Waals surface area contributed by atoms with E-state index in [1.54, 1.807) is 4.90 Å². The number of aromatic amines is 1. The van der Waals surface area contributed by atoms with Crippen molar-refractivity contribution in [1.82, 2.24) is 30.8 Å². The van der Waals surface area contributed by atoms with E-state index in [1.807, 2.05) is 13.8 Å². The Labute approximate surface area is 87.2 Å². The topological polar surface area (TPSA) is 86.8 Å². The molecule has 2 N–H and O–H groups in total. The fourth-order valence-corrected chi connectivity index (χ4v) is 1.69. The Bertz CT molecular complexity index is 337. The number of tetrazole rings is 1. The predicted molar refractivity (Wildman–Crippen MR) is 52.1 cm³/mol. The zero-order valence-corrected chi connectivity index (χ0v) is 8.77. The van der Waals surface area contributed by atoms with Crippen molar-refractivity contribution in [2.75, 3.05) is 13.1 Å². The first-order valence-corrected chi connectivity index (χ1v) is 4.96. The van der Waals surface area contributed by atoms with E-state index in [1.165, 1.54) is 0 Å². The lowest BCUT2D eigenvalue weighted by molar-refractivity contribution is 0.0604. The fourth-order valence-electron chi connectivity index (χ4n) is 1.69. The molecule has 2 unspecified atom stereocenters. The first kappa shape index (κ1) is 10.0. The molecule has 2 heterocycles. The van der Waals surface area contributed by atoms with Crippen LogP contribution < -0.4 is 5.32 Å². The van der Waals surface area contributed by atoms with Gasteiger partial charge >= 0.3 is 0 Å². The SMILES string of the molecule is CC1CN(C(=O)c2nn[nH]n2)C(C)CN1. The van der Waals surface area contributed by atoms with Crippen LogP contribution >= 0.6 is 0 Å². The number of rotatable bonds is 1. The Kier molecular flexibility index (Phi) is 2.63. The van der Waals surface area contributed by atoms with Gasteiger partial charge in [0, 0.05) is 25.2 Å². The van der Waals surface area contributed by atoms with Gasteiger partial charge in [-0.25, -0.2) is 0 Å². The number of nitrogens with zero attached hydrogens (tertiary/aromatic N) is 4. The molecule has 1 amide bonds. The van der Waals surface area contributed by atoms with Gasteiger partial charge in [-0.3, -0.25) is 4.79 Å². The van der Waals surface area contributed by atoms with Crippen molar-refractivity contribution in [1.29, 1.82) is 0 Å². The molecule has 2 rings (SSSR count). The number of carbonyl (C=O) groups excluding carboxylic acids is 1. The molecule has 7 nitrogen and oxygen atoms in total. The van der Waals surface area contributed by atoms with E-state index in [4.69, 9.17) is 0 Å². The average molecular weight is 210 g/mol. The molecule has 0 bridgehead atoms. The number of nitrogens with one attached hydrogen (secondary N) is 2. The summed E-state index contributed by atoms with van der Waals surface area (Å²) in [7, 11) is 0. The summed E-state index contributed by atoms with van der Waals surface area (Å²) in [4.78, 5) is 13.7. The molecule has 82 valence electrons. The molecule has 1 fully saturated rings. The third-order valence-corrected chi connectivity index (χ3v) is 2.56. The molecule has 0 aromatic carbocycles. The maximum atomic E-state index is 11.9. The lowest BCUT2D eigenvalue weighted by atomic mass is 10.1. The van der Waals surface area contributed by atoms with E-state index >= 15 is 0 Å². The van der Waals surface area contributed by atoms with E-state index < -0.39 is 0 Å². The molecule has 1 aromatic rings. The van der Waals surface area contributed by atoms with Crippen LogP contribution in [0, 0.1) is 0 Å². The zero-order chi connectivity index (χ0) is 10.8. The third kappa shape index (κ3) is 1.96. The Morgan fingerprint density at radius 1 is 1.53 bits per heavy atom. The Morgan fingerprint density at radius 3 is 3.00 bits per heavy atom. The van der Waals surface area contributed by atoms with Gasteiger partial charge in [0.25, 0.3) is 11.7 Å². The Morgan fingerprint density at radius 2 is 2.33 bits per heavy atom. The van der Waals surface area contributed by atoms with Crippen LogP contribution in [0.5, 0.6) is 0 Å². The van der Waals surface area contributed by atoms with E-state index in [0.717, 1.165) is 6.54 Å². The van der Waals surface area contributed by atoms with E-state index in [0.29, 0.717) is 12.6 Å². The number of H-pyrrole nitrogens is 1. The third-order valence-electron chi connectivity index (χ3n) is 2.56. The quantitative estimate of drug-likeness (QED) is 0.622. The van der Waals surface area contributed by atoms with E-state index in [9.17, 15) is 4.79 Å². The smallest absolute Gasteiger partial charge is 0.295 e. The second-order valence-corrected chi connectivity index (χ2v) is 3.85. The van der Waals surface area contributed by atoms with Crippen molar-refractivity contribution in [2.45, 2.75) is 25.9 Å². The largest absolute Gasteiger partial charge is 0.330 e. The Hall–Kier alpha value is -1.50. The fraction of sp³-hybridized carbons (Fsp3) is 0.750. The molecule has 15 heavy (non-hydrogen) atoms. The molecule has 0 radical (unpaired) electrons. The summed E-state index contributed by atoms with van der Waals surface area (Å²) in [6.07, 6.45) is 0. The molecule has 0 aliphatic carbocycles. The van der Waals surface area contributed by atoms with Crippen molar-refractivity contribution < 1.29 is 4.79 Å². The first-order chi connectivity index (χ1) is 7.18. The average Bonchev–Trinajstić information content (AvgIpc) is 2.74. The van der Waals surface area contributed by atoms with Gasteiger partial charge in [-0.1, -0.05) is 0 Å². The minimum atomic E-state index is -0.162. The highest BCUT2D eigenvalue weighted by Gasteiger charge is 2.29. The first-order valence-electron chi connectivity index (χ1n) is 4.96. The van der Waals surface area contributed by atoms with E-state index in [2.05, 4.69) is 25.9 Å². The molecule has 0 spiro atoms. The van der Waals surface area contributed by atoms with Crippen molar-refractivity contribution in [3.8, 4) is 0 Å². The Balaban J connectivity index is 2.12. The number of hydrogen-bond donors (Lipinski definition) is 2. The highest BCUT2D eigenvalue weighted by Crippen LogP contribution is 2.09. The van der Waals surface area contributed by atoms with Crippen LogP contribution in [0.2, 0.25) is 0 Å². The summed E-state index contributed by atoms with van der Waals surface area (Å²) >= 11 is 0. The number of piperazine rings is 1. The number of amides is 1. The lowest BCUT2D eigenvalue weighted by Crippen LogP contribution is -2.56. The van der Waals surface area contributed by atoms with Crippen LogP contribution in [-0.4, -0.2) is 56.6 Å². The molecule has 1 aliphatic rings. The molecule has 7 heteroatoms. The lowest BCUT2D eigenvalue weighted by Gasteiger charge is -2.36. The second kappa shape index (κ2) is 3.93. The molecular weight excluding hydrogens is 196 g/mol. The van der Waals surface area contributed by atoms with Gasteiger partial charge in [-0.15, -0.1) is 10.2 Å². The van der Waals surface area contributed by atoms with Crippen LogP contribution in [0.3, 0.4) is 0 Å². The minimum absolute atomic E-state index is 0.135. The molecule has 2 atom stereocenters. The normalized spacial score (nSPS) is 26.7. The van der Waals surface area contributed by atoms with Crippen LogP contribution in [0.1, 0.15) is 24.5 Å². The van der Waals surface area contributed by atoms with Gasteiger partial charge in [0.15, 0.2) is 0 Å². The minimum Gasteiger partial charge on any atom is -0.330 e. The number of aromatic nitrogens is 4. The molecule has 1 aromatic heterocycles. The van der Waals surface area contributed by atoms with Crippen LogP contribution in [0.15, 0.2) is 0 Å². The van der Waals surface area contributed by atoms with E-state index in [-0.39, 0.29) is 17.8 Å². The molecular formula is C8H14N6O. The van der Waals surface area contributed by atoms with Gasteiger partial charge in [-0.05, 0) is 19.1 Å². The summed E-state index contributed by atoms with van der Waals surface area (Å²) in [6, 6.07) is 0.462. The van der Waals surface area contributed by atoms with Gasteiger partial charge in [0.2, 0.25) is 0 Å². The standard InChI is InChI=1S/C8H14N6O/c1-5-4-14(6(2)3-9-5)8(15)7-10-12-13-11-7/h5-6,9H,3-4H2,1-2H3,(H,10,11,12,13). The maximum absolute atomic E-state index is 11.9. The summed E-state index contributed by atoms with van der Waals surface area (Å²) in [5, 5.41) is 16.4. The zero-order valence-electron chi connectivity index (χ0n) is 8.77. The van der Waals surface area contributed by atoms with Crippen LogP contribution in [0.4, 0.5) is 0 Å². The summed E-state index contributed by atoms with van der Waals surface area (Å²) in [5.74, 6) is -0.0273. The molecule has 1 aliphatic heterocycles. The summed E-state index contributed by atoms with van der Waals surface area (Å²) in [5.41, 5.74) is 0. The second-order valence-electron chi connectivity index (χ2n) is 3.85. The highest BCUT2D eigenvalue weighted by molar-refractivity contribution is 5.90. The number of hydrogen-bond acceptors (Lipinski definition) is 5. The number of carbonyl (C=O) groups is 1. The van der Waals surface area contributed by atoms with Crippen LogP contribution in [-0.2, 0) is 0 Å². The van der Waals surface area contributed by atoms with Crippen LogP contribution in [0.25, 0.3) is 0 Å². The maximum Gasteiger partial charge on any atom is 0.295 e.